The number of hydrogen-bond acceptors (Lipinski definition) is 4. The standard InChI is InChI=1S/C15H19F2NO3/c1-9-7-18(8-14(21-9)15(19)20-3)10(2)11-4-5-12(16)13(17)6-11/h4-6,9-10,14H,7-8H2,1-3H3/t9-,10+,14+/m1/s1. The summed E-state index contributed by atoms with van der Waals surface area (Å²) >= 11 is 0. The van der Waals surface area contributed by atoms with E-state index in [1.54, 1.807) is 6.07 Å². The molecule has 0 aromatic heterocycles. The molecular formula is C15H19F2NO3. The number of hydrogen-bond donors (Lipinski definition) is 0. The molecule has 0 unspecified atom stereocenters. The molecule has 1 fully saturated rings. The monoisotopic (exact) mass is 299 g/mol. The first-order valence-corrected chi connectivity index (χ1v) is 6.84. The highest BCUT2D eigenvalue weighted by Gasteiger charge is 2.33. The molecule has 0 saturated carbocycles. The molecule has 0 spiro atoms. The molecule has 0 bridgehead atoms. The molecule has 2 rings (SSSR count). The Hall–Kier alpha value is -1.53. The van der Waals surface area contributed by atoms with E-state index in [9.17, 15) is 13.6 Å². The summed E-state index contributed by atoms with van der Waals surface area (Å²) in [4.78, 5) is 13.6. The van der Waals surface area contributed by atoms with Crippen molar-refractivity contribution in [3.8, 4) is 0 Å². The number of carbonyl (C=O) groups is 1. The van der Waals surface area contributed by atoms with Crippen molar-refractivity contribution in [3.63, 3.8) is 0 Å². The van der Waals surface area contributed by atoms with Crippen LogP contribution in [0.3, 0.4) is 0 Å². The molecule has 1 aliphatic heterocycles. The second kappa shape index (κ2) is 6.49. The van der Waals surface area contributed by atoms with Crippen LogP contribution in [0.2, 0.25) is 0 Å². The smallest absolute Gasteiger partial charge is 0.336 e. The molecule has 116 valence electrons. The number of nitrogens with zero attached hydrogens (tertiary/aromatic N) is 1. The Labute approximate surface area is 122 Å². The third kappa shape index (κ3) is 3.57. The van der Waals surface area contributed by atoms with Crippen molar-refractivity contribution < 1.29 is 23.0 Å². The summed E-state index contributed by atoms with van der Waals surface area (Å²) in [6.07, 6.45) is -0.804. The number of carbonyl (C=O) groups excluding carboxylic acids is 1. The van der Waals surface area contributed by atoms with E-state index in [2.05, 4.69) is 0 Å². The first kappa shape index (κ1) is 15.9. The van der Waals surface area contributed by atoms with Gasteiger partial charge in [-0.2, -0.15) is 0 Å². The van der Waals surface area contributed by atoms with Gasteiger partial charge in [0.2, 0.25) is 0 Å². The van der Waals surface area contributed by atoms with Crippen molar-refractivity contribution >= 4 is 5.97 Å². The van der Waals surface area contributed by atoms with Crippen LogP contribution in [0.5, 0.6) is 0 Å². The summed E-state index contributed by atoms with van der Waals surface area (Å²) in [7, 11) is 1.31. The van der Waals surface area contributed by atoms with Gasteiger partial charge in [0.25, 0.3) is 0 Å². The van der Waals surface area contributed by atoms with Gasteiger partial charge in [0.15, 0.2) is 17.7 Å². The molecule has 0 aliphatic carbocycles. The van der Waals surface area contributed by atoms with Gasteiger partial charge in [-0.1, -0.05) is 6.07 Å². The van der Waals surface area contributed by atoms with E-state index in [0.717, 1.165) is 6.07 Å². The third-order valence-corrected chi connectivity index (χ3v) is 3.73. The fourth-order valence-electron chi connectivity index (χ4n) is 2.55. The van der Waals surface area contributed by atoms with Gasteiger partial charge < -0.3 is 9.47 Å². The van der Waals surface area contributed by atoms with Crippen molar-refractivity contribution in [1.82, 2.24) is 4.90 Å². The van der Waals surface area contributed by atoms with E-state index in [4.69, 9.17) is 9.47 Å². The minimum Gasteiger partial charge on any atom is -0.467 e. The van der Waals surface area contributed by atoms with Gasteiger partial charge >= 0.3 is 5.97 Å². The zero-order valence-electron chi connectivity index (χ0n) is 12.3. The Kier molecular flexibility index (Phi) is 4.90. The van der Waals surface area contributed by atoms with Gasteiger partial charge in [-0.3, -0.25) is 4.90 Å². The predicted molar refractivity (Wildman–Crippen MR) is 72.7 cm³/mol. The molecule has 1 aliphatic rings. The van der Waals surface area contributed by atoms with E-state index < -0.39 is 23.7 Å². The molecular weight excluding hydrogens is 280 g/mol. The molecule has 3 atom stereocenters. The van der Waals surface area contributed by atoms with Gasteiger partial charge in [-0.25, -0.2) is 13.6 Å². The summed E-state index contributed by atoms with van der Waals surface area (Å²) in [5.74, 6) is -2.16. The molecule has 0 radical (unpaired) electrons. The normalized spacial score (nSPS) is 24.6. The second-order valence-electron chi connectivity index (χ2n) is 5.26. The lowest BCUT2D eigenvalue weighted by molar-refractivity contribution is -0.167. The van der Waals surface area contributed by atoms with Gasteiger partial charge in [0.05, 0.1) is 13.2 Å². The van der Waals surface area contributed by atoms with E-state index >= 15 is 0 Å². The second-order valence-corrected chi connectivity index (χ2v) is 5.26. The topological polar surface area (TPSA) is 38.8 Å². The highest BCUT2D eigenvalue weighted by Crippen LogP contribution is 2.26. The average molecular weight is 299 g/mol. The number of esters is 1. The minimum absolute atomic E-state index is 0.143. The van der Waals surface area contributed by atoms with Crippen molar-refractivity contribution in [2.45, 2.75) is 32.1 Å². The lowest BCUT2D eigenvalue weighted by atomic mass is 10.0. The lowest BCUT2D eigenvalue weighted by Crippen LogP contribution is -2.50. The molecule has 6 heteroatoms. The number of halogens is 2. The summed E-state index contributed by atoms with van der Waals surface area (Å²) < 4.78 is 36.6. The first-order valence-electron chi connectivity index (χ1n) is 6.84. The van der Waals surface area contributed by atoms with Gasteiger partial charge in [-0.05, 0) is 31.5 Å². The molecule has 0 N–H and O–H groups in total. The third-order valence-electron chi connectivity index (χ3n) is 3.73. The lowest BCUT2D eigenvalue weighted by Gasteiger charge is -2.39. The van der Waals surface area contributed by atoms with Crippen LogP contribution in [-0.2, 0) is 14.3 Å². The minimum atomic E-state index is -0.870. The summed E-state index contributed by atoms with van der Waals surface area (Å²) in [5, 5.41) is 0. The van der Waals surface area contributed by atoms with Crippen LogP contribution in [0.15, 0.2) is 18.2 Å². The van der Waals surface area contributed by atoms with Crippen LogP contribution in [0.25, 0.3) is 0 Å². The van der Waals surface area contributed by atoms with E-state index in [1.165, 1.54) is 13.2 Å². The summed E-state index contributed by atoms with van der Waals surface area (Å²) in [6, 6.07) is 3.70. The maximum absolute atomic E-state index is 13.4. The molecule has 1 heterocycles. The number of morpholine rings is 1. The zero-order chi connectivity index (χ0) is 15.6. The van der Waals surface area contributed by atoms with Crippen molar-refractivity contribution in [3.05, 3.63) is 35.4 Å². The van der Waals surface area contributed by atoms with Crippen LogP contribution in [0, 0.1) is 11.6 Å². The average Bonchev–Trinajstić information content (AvgIpc) is 2.47. The Morgan fingerprint density at radius 3 is 2.71 bits per heavy atom. The first-order chi connectivity index (χ1) is 9.92. The van der Waals surface area contributed by atoms with Crippen LogP contribution in [0.1, 0.15) is 25.5 Å². The maximum Gasteiger partial charge on any atom is 0.336 e. The van der Waals surface area contributed by atoms with E-state index in [0.29, 0.717) is 18.7 Å². The number of benzene rings is 1. The van der Waals surface area contributed by atoms with Crippen LogP contribution in [0.4, 0.5) is 8.78 Å². The number of ether oxygens (including phenoxy) is 2. The van der Waals surface area contributed by atoms with Crippen molar-refractivity contribution in [1.29, 1.82) is 0 Å². The zero-order valence-corrected chi connectivity index (χ0v) is 12.3. The fourth-order valence-corrected chi connectivity index (χ4v) is 2.55. The van der Waals surface area contributed by atoms with E-state index in [-0.39, 0.29) is 12.1 Å². The van der Waals surface area contributed by atoms with Crippen molar-refractivity contribution in [2.75, 3.05) is 20.2 Å². The van der Waals surface area contributed by atoms with Crippen LogP contribution in [-0.4, -0.2) is 43.3 Å². The predicted octanol–water partition coefficient (Wildman–Crippen LogP) is 2.29. The van der Waals surface area contributed by atoms with Crippen LogP contribution >= 0.6 is 0 Å². The molecule has 1 aromatic carbocycles. The molecule has 21 heavy (non-hydrogen) atoms. The highest BCUT2D eigenvalue weighted by atomic mass is 19.2. The molecule has 1 aromatic rings. The Morgan fingerprint density at radius 2 is 2.10 bits per heavy atom. The fraction of sp³-hybridized carbons (Fsp3) is 0.533. The van der Waals surface area contributed by atoms with E-state index in [1.807, 2.05) is 18.7 Å². The quantitative estimate of drug-likeness (QED) is 0.803. The Balaban J connectivity index is 2.15. The Morgan fingerprint density at radius 1 is 1.38 bits per heavy atom. The molecule has 0 amide bonds. The van der Waals surface area contributed by atoms with Crippen LogP contribution < -0.4 is 0 Å². The SMILES string of the molecule is COC(=O)[C@@H]1CN([C@@H](C)c2ccc(F)c(F)c2)C[C@@H](C)O1. The summed E-state index contributed by atoms with van der Waals surface area (Å²) in [5.41, 5.74) is 0.659. The largest absolute Gasteiger partial charge is 0.467 e. The van der Waals surface area contributed by atoms with Gasteiger partial charge in [-0.15, -0.1) is 0 Å². The Bertz CT molecular complexity index is 524. The number of rotatable bonds is 3. The van der Waals surface area contributed by atoms with Gasteiger partial charge in [0.1, 0.15) is 0 Å². The highest BCUT2D eigenvalue weighted by molar-refractivity contribution is 5.75. The summed E-state index contributed by atoms with van der Waals surface area (Å²) in [6.45, 7) is 4.71. The number of methoxy groups -OCH3 is 1. The van der Waals surface area contributed by atoms with Crippen molar-refractivity contribution in [2.24, 2.45) is 0 Å². The van der Waals surface area contributed by atoms with Gasteiger partial charge in [0, 0.05) is 19.1 Å². The molecule has 1 saturated heterocycles. The maximum atomic E-state index is 13.4. The molecule has 4 nitrogen and oxygen atoms in total.